The first-order valence-corrected chi connectivity index (χ1v) is 7.36. The lowest BCUT2D eigenvalue weighted by Crippen LogP contribution is -2.35. The molecule has 1 fully saturated rings. The summed E-state index contributed by atoms with van der Waals surface area (Å²) in [6.07, 6.45) is 1.06. The average molecular weight is 378 g/mol. The van der Waals surface area contributed by atoms with Crippen LogP contribution in [0.3, 0.4) is 0 Å². The molecule has 1 aliphatic rings. The zero-order chi connectivity index (χ0) is 17.3. The summed E-state index contributed by atoms with van der Waals surface area (Å²) < 4.78 is 44.5. The first-order valence-electron chi connectivity index (χ1n) is 7.36. The summed E-state index contributed by atoms with van der Waals surface area (Å²) in [6, 6.07) is 1.59. The van der Waals surface area contributed by atoms with Crippen LogP contribution in [-0.2, 0) is 11.3 Å². The second-order valence-corrected chi connectivity index (χ2v) is 5.65. The van der Waals surface area contributed by atoms with E-state index in [0.29, 0.717) is 32.5 Å². The van der Waals surface area contributed by atoms with Crippen molar-refractivity contribution in [2.75, 3.05) is 13.1 Å². The number of carbonyl (C=O) groups is 1. The molecular formula is C15H15ClF3N3O3. The molecule has 0 aliphatic carbocycles. The van der Waals surface area contributed by atoms with Gasteiger partial charge in [0.15, 0.2) is 17.5 Å². The molecule has 0 spiro atoms. The molecule has 6 nitrogen and oxygen atoms in total. The molecule has 0 saturated carbocycles. The monoisotopic (exact) mass is 377 g/mol. The summed E-state index contributed by atoms with van der Waals surface area (Å²) in [5.41, 5.74) is -0.0222. The van der Waals surface area contributed by atoms with Crippen LogP contribution in [0.2, 0.25) is 0 Å². The minimum Gasteiger partial charge on any atom is -0.481 e. The third-order valence-electron chi connectivity index (χ3n) is 4.01. The third kappa shape index (κ3) is 4.29. The Morgan fingerprint density at radius 2 is 1.84 bits per heavy atom. The predicted molar refractivity (Wildman–Crippen MR) is 82.5 cm³/mol. The van der Waals surface area contributed by atoms with Gasteiger partial charge < -0.3 is 9.63 Å². The standard InChI is InChI=1S/C15H14F3N3O3.ClH/c16-10-5-9(6-11(17)13(10)18)14-19-12(24-20-14)7-21-3-1-8(2-4-21)15(22)23;/h5-6,8H,1-4,7H2,(H,22,23);1H. The van der Waals surface area contributed by atoms with Gasteiger partial charge in [-0.1, -0.05) is 5.16 Å². The van der Waals surface area contributed by atoms with Gasteiger partial charge in [-0.2, -0.15) is 4.98 Å². The highest BCUT2D eigenvalue weighted by molar-refractivity contribution is 5.85. The second kappa shape index (κ2) is 7.83. The maximum absolute atomic E-state index is 13.2. The molecule has 2 aromatic rings. The lowest BCUT2D eigenvalue weighted by molar-refractivity contribution is -0.143. The van der Waals surface area contributed by atoms with E-state index in [1.54, 1.807) is 0 Å². The van der Waals surface area contributed by atoms with Crippen molar-refractivity contribution in [1.82, 2.24) is 15.0 Å². The largest absolute Gasteiger partial charge is 0.481 e. The van der Waals surface area contributed by atoms with Gasteiger partial charge in [-0.15, -0.1) is 12.4 Å². The van der Waals surface area contributed by atoms with Crippen LogP contribution in [-0.4, -0.2) is 39.2 Å². The predicted octanol–water partition coefficient (Wildman–Crippen LogP) is 2.87. The van der Waals surface area contributed by atoms with Crippen molar-refractivity contribution in [3.05, 3.63) is 35.5 Å². The number of benzene rings is 1. The number of hydrogen-bond acceptors (Lipinski definition) is 5. The lowest BCUT2D eigenvalue weighted by atomic mass is 9.97. The number of halogens is 4. The Labute approximate surface area is 147 Å². The number of aliphatic carboxylic acids is 1. The number of likely N-dealkylation sites (tertiary alicyclic amines) is 1. The molecule has 1 N–H and O–H groups in total. The number of piperidine rings is 1. The highest BCUT2D eigenvalue weighted by Crippen LogP contribution is 2.23. The van der Waals surface area contributed by atoms with Crippen molar-refractivity contribution in [1.29, 1.82) is 0 Å². The molecule has 0 atom stereocenters. The number of hydrogen-bond donors (Lipinski definition) is 1. The van der Waals surface area contributed by atoms with Gasteiger partial charge in [0.2, 0.25) is 11.7 Å². The van der Waals surface area contributed by atoms with E-state index in [9.17, 15) is 18.0 Å². The fourth-order valence-corrected chi connectivity index (χ4v) is 2.65. The van der Waals surface area contributed by atoms with Gasteiger partial charge in [0.05, 0.1) is 12.5 Å². The molecule has 1 aromatic carbocycles. The number of carboxylic acids is 1. The van der Waals surface area contributed by atoms with Crippen molar-refractivity contribution in [2.24, 2.45) is 5.92 Å². The molecule has 25 heavy (non-hydrogen) atoms. The van der Waals surface area contributed by atoms with E-state index in [-0.39, 0.29) is 35.6 Å². The van der Waals surface area contributed by atoms with Gasteiger partial charge in [-0.05, 0) is 38.1 Å². The SMILES string of the molecule is Cl.O=C(O)C1CCN(Cc2nc(-c3cc(F)c(F)c(F)c3)no2)CC1. The second-order valence-electron chi connectivity index (χ2n) is 5.65. The minimum atomic E-state index is -1.55. The normalized spacial score (nSPS) is 15.8. The van der Waals surface area contributed by atoms with Crippen LogP contribution < -0.4 is 0 Å². The summed E-state index contributed by atoms with van der Waals surface area (Å²) in [6.45, 7) is 1.47. The zero-order valence-electron chi connectivity index (χ0n) is 12.9. The summed E-state index contributed by atoms with van der Waals surface area (Å²) in [5, 5.41) is 12.6. The van der Waals surface area contributed by atoms with Crippen LogP contribution in [0.1, 0.15) is 18.7 Å². The molecule has 0 unspecified atom stereocenters. The summed E-state index contributed by atoms with van der Waals surface area (Å²) in [5.74, 6) is -5.14. The quantitative estimate of drug-likeness (QED) is 0.825. The lowest BCUT2D eigenvalue weighted by Gasteiger charge is -2.28. The molecule has 10 heteroatoms. The molecule has 1 saturated heterocycles. The molecule has 0 amide bonds. The summed E-state index contributed by atoms with van der Waals surface area (Å²) in [7, 11) is 0. The highest BCUT2D eigenvalue weighted by Gasteiger charge is 2.25. The zero-order valence-corrected chi connectivity index (χ0v) is 13.7. The van der Waals surface area contributed by atoms with Crippen LogP contribution in [0.4, 0.5) is 13.2 Å². The van der Waals surface area contributed by atoms with Gasteiger partial charge in [0.25, 0.3) is 0 Å². The van der Waals surface area contributed by atoms with Gasteiger partial charge in [-0.25, -0.2) is 13.2 Å². The van der Waals surface area contributed by atoms with Crippen molar-refractivity contribution in [3.8, 4) is 11.4 Å². The fraction of sp³-hybridized carbons (Fsp3) is 0.400. The van der Waals surface area contributed by atoms with E-state index in [1.807, 2.05) is 4.90 Å². The molecule has 0 bridgehead atoms. The number of nitrogens with zero attached hydrogens (tertiary/aromatic N) is 3. The number of rotatable bonds is 4. The van der Waals surface area contributed by atoms with Gasteiger partial charge in [0, 0.05) is 5.56 Å². The topological polar surface area (TPSA) is 79.5 Å². The van der Waals surface area contributed by atoms with Gasteiger partial charge >= 0.3 is 5.97 Å². The Kier molecular flexibility index (Phi) is 6.02. The highest BCUT2D eigenvalue weighted by atomic mass is 35.5. The average Bonchev–Trinajstić information content (AvgIpc) is 3.01. The smallest absolute Gasteiger partial charge is 0.306 e. The van der Waals surface area contributed by atoms with E-state index in [0.717, 1.165) is 12.1 Å². The Morgan fingerprint density at radius 1 is 1.24 bits per heavy atom. The van der Waals surface area contributed by atoms with E-state index >= 15 is 0 Å². The van der Waals surface area contributed by atoms with Crippen LogP contribution in [0.25, 0.3) is 11.4 Å². The molecule has 3 rings (SSSR count). The van der Waals surface area contributed by atoms with Gasteiger partial charge in [0.1, 0.15) is 0 Å². The van der Waals surface area contributed by atoms with Crippen molar-refractivity contribution in [3.63, 3.8) is 0 Å². The van der Waals surface area contributed by atoms with Crippen LogP contribution >= 0.6 is 12.4 Å². The Hall–Kier alpha value is -2.13. The third-order valence-corrected chi connectivity index (χ3v) is 4.01. The summed E-state index contributed by atoms with van der Waals surface area (Å²) in [4.78, 5) is 16.9. The first kappa shape index (κ1) is 19.2. The minimum absolute atomic E-state index is 0. The van der Waals surface area contributed by atoms with Crippen molar-refractivity contribution >= 4 is 18.4 Å². The number of aromatic nitrogens is 2. The number of carboxylic acid groups (broad SMARTS) is 1. The molecule has 1 aromatic heterocycles. The molecule has 136 valence electrons. The first-order chi connectivity index (χ1) is 11.4. The molecule has 0 radical (unpaired) electrons. The Bertz CT molecular complexity index is 740. The maximum Gasteiger partial charge on any atom is 0.306 e. The van der Waals surface area contributed by atoms with Crippen molar-refractivity contribution in [2.45, 2.75) is 19.4 Å². The van der Waals surface area contributed by atoms with Crippen LogP contribution in [0.15, 0.2) is 16.7 Å². The van der Waals surface area contributed by atoms with E-state index in [4.69, 9.17) is 9.63 Å². The van der Waals surface area contributed by atoms with Gasteiger partial charge in [-0.3, -0.25) is 9.69 Å². The van der Waals surface area contributed by atoms with Crippen LogP contribution in [0.5, 0.6) is 0 Å². The maximum atomic E-state index is 13.2. The Balaban J connectivity index is 0.00000225. The van der Waals surface area contributed by atoms with Crippen molar-refractivity contribution < 1.29 is 27.6 Å². The Morgan fingerprint density at radius 3 is 2.40 bits per heavy atom. The molecule has 1 aliphatic heterocycles. The fourth-order valence-electron chi connectivity index (χ4n) is 2.65. The molecule has 2 heterocycles. The van der Waals surface area contributed by atoms with E-state index in [2.05, 4.69) is 10.1 Å². The van der Waals surface area contributed by atoms with Crippen LogP contribution in [0, 0.1) is 23.4 Å². The summed E-state index contributed by atoms with van der Waals surface area (Å²) >= 11 is 0. The van der Waals surface area contributed by atoms with E-state index < -0.39 is 23.4 Å². The van der Waals surface area contributed by atoms with E-state index in [1.165, 1.54) is 0 Å². The molecular weight excluding hydrogens is 363 g/mol.